The number of benzene rings is 1. The Morgan fingerprint density at radius 2 is 2.00 bits per heavy atom. The fraction of sp³-hybridized carbons (Fsp3) is 0.167. The number of nitrogens with zero attached hydrogens (tertiary/aromatic N) is 2. The van der Waals surface area contributed by atoms with Gasteiger partial charge < -0.3 is 20.3 Å². The molecule has 1 heterocycles. The van der Waals surface area contributed by atoms with Gasteiger partial charge in [-0.25, -0.2) is 4.98 Å². The van der Waals surface area contributed by atoms with E-state index in [0.29, 0.717) is 28.0 Å². The molecule has 20 heavy (non-hydrogen) atoms. The number of anilines is 2. The topological polar surface area (TPSA) is 102 Å². The Balaban J connectivity index is 2.16. The van der Waals surface area contributed by atoms with Gasteiger partial charge in [0.15, 0.2) is 11.5 Å². The maximum atomic E-state index is 9.79. The molecular formula is C12H14N4O3S. The van der Waals surface area contributed by atoms with E-state index in [1.165, 1.54) is 25.6 Å². The lowest BCUT2D eigenvalue weighted by Crippen LogP contribution is -1.94. The van der Waals surface area contributed by atoms with E-state index in [1.807, 2.05) is 0 Å². The number of aromatic nitrogens is 1. The number of hydrazone groups is 1. The molecule has 0 aliphatic carbocycles. The van der Waals surface area contributed by atoms with Crippen LogP contribution in [0.5, 0.6) is 17.2 Å². The van der Waals surface area contributed by atoms with Crippen LogP contribution in [0.25, 0.3) is 0 Å². The van der Waals surface area contributed by atoms with E-state index in [9.17, 15) is 5.11 Å². The van der Waals surface area contributed by atoms with Crippen LogP contribution < -0.4 is 20.6 Å². The lowest BCUT2D eigenvalue weighted by atomic mass is 10.2. The predicted octanol–water partition coefficient (Wildman–Crippen LogP) is 1.89. The molecule has 0 saturated carbocycles. The van der Waals surface area contributed by atoms with Gasteiger partial charge >= 0.3 is 0 Å². The zero-order valence-corrected chi connectivity index (χ0v) is 11.8. The second-order valence-corrected chi connectivity index (χ2v) is 4.58. The first kappa shape index (κ1) is 13.9. The Morgan fingerprint density at radius 1 is 1.35 bits per heavy atom. The first-order valence-corrected chi connectivity index (χ1v) is 6.47. The highest BCUT2D eigenvalue weighted by atomic mass is 32.1. The van der Waals surface area contributed by atoms with Crippen molar-refractivity contribution in [3.05, 3.63) is 23.1 Å². The molecule has 0 saturated heterocycles. The predicted molar refractivity (Wildman–Crippen MR) is 79.0 cm³/mol. The Bertz CT molecular complexity index is 602. The number of nitrogens with two attached hydrogens (primary N) is 1. The average Bonchev–Trinajstić information content (AvgIpc) is 2.86. The van der Waals surface area contributed by atoms with E-state index in [4.69, 9.17) is 15.2 Å². The summed E-state index contributed by atoms with van der Waals surface area (Å²) >= 11 is 1.35. The van der Waals surface area contributed by atoms with Crippen molar-refractivity contribution < 1.29 is 14.6 Å². The van der Waals surface area contributed by atoms with E-state index in [-0.39, 0.29) is 5.75 Å². The van der Waals surface area contributed by atoms with E-state index in [2.05, 4.69) is 15.5 Å². The average molecular weight is 294 g/mol. The van der Waals surface area contributed by atoms with Gasteiger partial charge in [-0.2, -0.15) is 5.10 Å². The van der Waals surface area contributed by atoms with Gasteiger partial charge in [0.05, 0.1) is 20.4 Å². The fourth-order valence-corrected chi connectivity index (χ4v) is 2.04. The van der Waals surface area contributed by atoms with Gasteiger partial charge in [-0.1, -0.05) is 0 Å². The highest BCUT2D eigenvalue weighted by molar-refractivity contribution is 7.14. The molecule has 2 rings (SSSR count). The van der Waals surface area contributed by atoms with Crippen LogP contribution in [0.1, 0.15) is 5.56 Å². The number of phenols is 1. The van der Waals surface area contributed by atoms with Crippen LogP contribution in [-0.4, -0.2) is 30.5 Å². The number of nitrogens with one attached hydrogen (secondary N) is 1. The summed E-state index contributed by atoms with van der Waals surface area (Å²) in [7, 11) is 2.93. The van der Waals surface area contributed by atoms with Gasteiger partial charge in [-0.3, -0.25) is 5.43 Å². The molecule has 106 valence electrons. The number of hydrogen-bond donors (Lipinski definition) is 3. The molecule has 8 heteroatoms. The zero-order chi connectivity index (χ0) is 14.5. The van der Waals surface area contributed by atoms with Crippen molar-refractivity contribution in [3.8, 4) is 17.2 Å². The number of phenolic OH excluding ortho intramolecular Hbond substituents is 1. The highest BCUT2D eigenvalue weighted by Gasteiger charge is 2.10. The molecule has 0 aliphatic heterocycles. The van der Waals surface area contributed by atoms with Gasteiger partial charge in [0.1, 0.15) is 5.82 Å². The summed E-state index contributed by atoms with van der Waals surface area (Å²) in [5, 5.41) is 16.1. The zero-order valence-electron chi connectivity index (χ0n) is 11.0. The van der Waals surface area contributed by atoms with Crippen molar-refractivity contribution in [2.75, 3.05) is 25.4 Å². The number of aromatic hydroxyl groups is 1. The van der Waals surface area contributed by atoms with Crippen molar-refractivity contribution in [1.82, 2.24) is 4.98 Å². The molecule has 1 aromatic heterocycles. The standard InChI is InChI=1S/C12H14N4O3S/c1-18-8-3-7(4-9(19-2)11(8)17)5-14-16-12-15-10(13)6-20-12/h3-6,17H,13H2,1-2H3,(H,15,16). The Labute approximate surface area is 119 Å². The molecule has 0 amide bonds. The number of rotatable bonds is 5. The Hall–Kier alpha value is -2.48. The summed E-state index contributed by atoms with van der Waals surface area (Å²) in [6.07, 6.45) is 1.56. The second kappa shape index (κ2) is 6.11. The number of thiazole rings is 1. The summed E-state index contributed by atoms with van der Waals surface area (Å²) in [6.45, 7) is 0. The SMILES string of the molecule is COc1cc(C=NNc2nc(N)cs2)cc(OC)c1O. The van der Waals surface area contributed by atoms with E-state index >= 15 is 0 Å². The van der Waals surface area contributed by atoms with Crippen LogP contribution in [0.15, 0.2) is 22.6 Å². The number of nitrogen functional groups attached to an aromatic ring is 1. The van der Waals surface area contributed by atoms with Gasteiger partial charge in [-0.15, -0.1) is 11.3 Å². The molecule has 0 fully saturated rings. The minimum absolute atomic E-state index is 0.0483. The summed E-state index contributed by atoms with van der Waals surface area (Å²) in [4.78, 5) is 4.01. The van der Waals surface area contributed by atoms with Gasteiger partial charge in [0.2, 0.25) is 10.9 Å². The lowest BCUT2D eigenvalue weighted by molar-refractivity contribution is 0.340. The van der Waals surface area contributed by atoms with Crippen LogP contribution in [0.3, 0.4) is 0 Å². The molecule has 0 aliphatic rings. The van der Waals surface area contributed by atoms with Gasteiger partial charge in [0.25, 0.3) is 0 Å². The van der Waals surface area contributed by atoms with E-state index < -0.39 is 0 Å². The minimum atomic E-state index is -0.0483. The molecular weight excluding hydrogens is 280 g/mol. The third-order valence-corrected chi connectivity index (χ3v) is 3.16. The minimum Gasteiger partial charge on any atom is -0.502 e. The lowest BCUT2D eigenvalue weighted by Gasteiger charge is -2.09. The molecule has 0 unspecified atom stereocenters. The Kier molecular flexibility index (Phi) is 4.26. The third kappa shape index (κ3) is 3.09. The van der Waals surface area contributed by atoms with Gasteiger partial charge in [-0.05, 0) is 12.1 Å². The molecule has 0 radical (unpaired) electrons. The first-order chi connectivity index (χ1) is 9.63. The highest BCUT2D eigenvalue weighted by Crippen LogP contribution is 2.36. The van der Waals surface area contributed by atoms with Crippen LogP contribution >= 0.6 is 11.3 Å². The van der Waals surface area contributed by atoms with E-state index in [1.54, 1.807) is 23.7 Å². The van der Waals surface area contributed by atoms with Crippen LogP contribution in [0.2, 0.25) is 0 Å². The maximum absolute atomic E-state index is 9.79. The summed E-state index contributed by atoms with van der Waals surface area (Å²) in [5.74, 6) is 1.02. The van der Waals surface area contributed by atoms with Crippen LogP contribution in [-0.2, 0) is 0 Å². The quantitative estimate of drug-likeness (QED) is 0.575. The maximum Gasteiger partial charge on any atom is 0.205 e. The second-order valence-electron chi connectivity index (χ2n) is 3.72. The molecule has 2 aromatic rings. The first-order valence-electron chi connectivity index (χ1n) is 5.59. The summed E-state index contributed by atoms with van der Waals surface area (Å²) in [6, 6.07) is 3.28. The molecule has 7 nitrogen and oxygen atoms in total. The molecule has 1 aromatic carbocycles. The summed E-state index contributed by atoms with van der Waals surface area (Å²) in [5.41, 5.74) is 8.96. The number of hydrogen-bond acceptors (Lipinski definition) is 8. The molecule has 0 spiro atoms. The van der Waals surface area contributed by atoms with Gasteiger partial charge in [0, 0.05) is 10.9 Å². The molecule has 0 atom stereocenters. The van der Waals surface area contributed by atoms with E-state index in [0.717, 1.165) is 0 Å². The Morgan fingerprint density at radius 3 is 2.50 bits per heavy atom. The smallest absolute Gasteiger partial charge is 0.205 e. The number of ether oxygens (including phenoxy) is 2. The molecule has 0 bridgehead atoms. The largest absolute Gasteiger partial charge is 0.502 e. The van der Waals surface area contributed by atoms with Crippen molar-refractivity contribution >= 4 is 28.5 Å². The number of methoxy groups -OCH3 is 2. The van der Waals surface area contributed by atoms with Crippen molar-refractivity contribution in [3.63, 3.8) is 0 Å². The van der Waals surface area contributed by atoms with Crippen molar-refractivity contribution in [2.45, 2.75) is 0 Å². The third-order valence-electron chi connectivity index (χ3n) is 2.40. The fourth-order valence-electron chi connectivity index (χ4n) is 1.49. The van der Waals surface area contributed by atoms with Crippen LogP contribution in [0.4, 0.5) is 10.9 Å². The summed E-state index contributed by atoms with van der Waals surface area (Å²) < 4.78 is 10.1. The molecule has 4 N–H and O–H groups in total. The van der Waals surface area contributed by atoms with Crippen molar-refractivity contribution in [2.24, 2.45) is 5.10 Å². The normalized spacial score (nSPS) is 10.7. The monoisotopic (exact) mass is 294 g/mol. The van der Waals surface area contributed by atoms with Crippen molar-refractivity contribution in [1.29, 1.82) is 0 Å². The van der Waals surface area contributed by atoms with Crippen LogP contribution in [0, 0.1) is 0 Å².